The maximum Gasteiger partial charge on any atom is 0.160 e. The van der Waals surface area contributed by atoms with Gasteiger partial charge in [0, 0.05) is 19.1 Å². The van der Waals surface area contributed by atoms with E-state index in [1.54, 1.807) is 7.11 Å². The Labute approximate surface area is 136 Å². The lowest BCUT2D eigenvalue weighted by atomic mass is 9.91. The fourth-order valence-electron chi connectivity index (χ4n) is 2.36. The van der Waals surface area contributed by atoms with Crippen molar-refractivity contribution in [2.45, 2.75) is 58.5 Å². The summed E-state index contributed by atoms with van der Waals surface area (Å²) in [5, 5.41) is 3.40. The van der Waals surface area contributed by atoms with Gasteiger partial charge in [-0.2, -0.15) is 0 Å². The first-order chi connectivity index (χ1) is 9.88. The van der Waals surface area contributed by atoms with Crippen LogP contribution in [0.5, 0.6) is 0 Å². The Morgan fingerprint density at radius 1 is 1.33 bits per heavy atom. The lowest BCUT2D eigenvalue weighted by molar-refractivity contribution is 0.0769. The van der Waals surface area contributed by atoms with Crippen LogP contribution in [-0.4, -0.2) is 23.6 Å². The maximum absolute atomic E-state index is 5.66. The van der Waals surface area contributed by atoms with Gasteiger partial charge in [-0.15, -0.1) is 0 Å². The lowest BCUT2D eigenvalue weighted by Gasteiger charge is -2.24. The molecule has 1 aromatic heterocycles. The molecule has 1 atom stereocenters. The molecule has 0 bridgehead atoms. The molecule has 0 spiro atoms. The van der Waals surface area contributed by atoms with E-state index in [1.165, 1.54) is 12.8 Å². The summed E-state index contributed by atoms with van der Waals surface area (Å²) in [6.45, 7) is 9.57. The van der Waals surface area contributed by atoms with Crippen LogP contribution in [-0.2, 0) is 10.2 Å². The highest BCUT2D eigenvalue weighted by Gasteiger charge is 2.36. The van der Waals surface area contributed by atoms with E-state index in [2.05, 4.69) is 48.9 Å². The second-order valence-electron chi connectivity index (χ2n) is 6.76. The minimum Gasteiger partial charge on any atom is -0.373 e. The van der Waals surface area contributed by atoms with Gasteiger partial charge in [-0.3, -0.25) is 0 Å². The molecule has 1 heterocycles. The summed E-state index contributed by atoms with van der Waals surface area (Å²) in [5.74, 6) is 2.27. The number of nitrogens with zero attached hydrogens (tertiary/aromatic N) is 2. The fraction of sp³-hybridized carbons (Fsp3) is 0.750. The number of aromatic nitrogens is 2. The SMILES string of the molecule is CCCNc1nc(C(OC)C2CC2)nc(C(C)(C)C)c1Br. The van der Waals surface area contributed by atoms with Crippen molar-refractivity contribution in [2.24, 2.45) is 5.92 Å². The molecule has 1 saturated carbocycles. The molecule has 118 valence electrons. The van der Waals surface area contributed by atoms with Crippen LogP contribution >= 0.6 is 15.9 Å². The number of rotatable bonds is 6. The Morgan fingerprint density at radius 3 is 2.48 bits per heavy atom. The third-order valence-electron chi connectivity index (χ3n) is 3.68. The second kappa shape index (κ2) is 6.61. The zero-order chi connectivity index (χ0) is 15.6. The number of nitrogens with one attached hydrogen (secondary N) is 1. The van der Waals surface area contributed by atoms with Crippen LogP contribution in [0.3, 0.4) is 0 Å². The molecule has 1 unspecified atom stereocenters. The molecule has 21 heavy (non-hydrogen) atoms. The molecule has 1 N–H and O–H groups in total. The van der Waals surface area contributed by atoms with Gasteiger partial charge in [0.25, 0.3) is 0 Å². The first-order valence-electron chi connectivity index (χ1n) is 7.73. The lowest BCUT2D eigenvalue weighted by Crippen LogP contribution is -2.21. The summed E-state index contributed by atoms with van der Waals surface area (Å²) in [6.07, 6.45) is 3.50. The first kappa shape index (κ1) is 16.7. The van der Waals surface area contributed by atoms with Crippen molar-refractivity contribution in [3.63, 3.8) is 0 Å². The standard InChI is InChI=1S/C16H26BrN3O/c1-6-9-18-14-11(17)13(16(2,3)4)19-15(20-14)12(21-5)10-7-8-10/h10,12H,6-9H2,1-5H3,(H,18,19,20). The first-order valence-corrected chi connectivity index (χ1v) is 8.52. The summed E-state index contributed by atoms with van der Waals surface area (Å²) < 4.78 is 6.63. The van der Waals surface area contributed by atoms with E-state index in [9.17, 15) is 0 Å². The molecule has 1 fully saturated rings. The zero-order valence-corrected chi connectivity index (χ0v) is 15.2. The Bertz CT molecular complexity index is 495. The smallest absolute Gasteiger partial charge is 0.160 e. The minimum absolute atomic E-state index is 0.0152. The monoisotopic (exact) mass is 355 g/mol. The predicted octanol–water partition coefficient (Wildman–Crippen LogP) is 4.46. The molecule has 4 nitrogen and oxygen atoms in total. The third kappa shape index (κ3) is 3.95. The maximum atomic E-state index is 5.66. The van der Waals surface area contributed by atoms with Crippen LogP contribution in [0, 0.1) is 5.92 Å². The summed E-state index contributed by atoms with van der Waals surface area (Å²) in [5.41, 5.74) is 0.995. The summed E-state index contributed by atoms with van der Waals surface area (Å²) in [7, 11) is 1.75. The second-order valence-corrected chi connectivity index (χ2v) is 7.56. The third-order valence-corrected chi connectivity index (χ3v) is 4.43. The Kier molecular flexibility index (Phi) is 5.25. The Morgan fingerprint density at radius 2 is 2.00 bits per heavy atom. The summed E-state index contributed by atoms with van der Waals surface area (Å²) in [4.78, 5) is 9.54. The molecule has 5 heteroatoms. The molecule has 0 aliphatic heterocycles. The Hall–Kier alpha value is -0.680. The molecule has 1 aromatic rings. The van der Waals surface area contributed by atoms with Crippen LogP contribution in [0.2, 0.25) is 0 Å². The van der Waals surface area contributed by atoms with Gasteiger partial charge in [0.1, 0.15) is 11.9 Å². The normalized spacial score (nSPS) is 16.9. The van der Waals surface area contributed by atoms with E-state index in [0.29, 0.717) is 5.92 Å². The molecule has 1 aliphatic carbocycles. The number of ether oxygens (including phenoxy) is 1. The quantitative estimate of drug-likeness (QED) is 0.818. The zero-order valence-electron chi connectivity index (χ0n) is 13.7. The molecular weight excluding hydrogens is 330 g/mol. The highest BCUT2D eigenvalue weighted by atomic mass is 79.9. The van der Waals surface area contributed by atoms with Crippen molar-refractivity contribution in [1.29, 1.82) is 0 Å². The largest absolute Gasteiger partial charge is 0.373 e. The van der Waals surface area contributed by atoms with Crippen LogP contribution in [0.15, 0.2) is 4.47 Å². The highest BCUT2D eigenvalue weighted by molar-refractivity contribution is 9.10. The van der Waals surface area contributed by atoms with Crippen molar-refractivity contribution in [2.75, 3.05) is 19.0 Å². The molecule has 1 aliphatic rings. The van der Waals surface area contributed by atoms with Gasteiger partial charge >= 0.3 is 0 Å². The number of halogens is 1. The van der Waals surface area contributed by atoms with Crippen molar-refractivity contribution >= 4 is 21.7 Å². The number of methoxy groups -OCH3 is 1. The molecule has 0 radical (unpaired) electrons. The highest BCUT2D eigenvalue weighted by Crippen LogP contribution is 2.43. The van der Waals surface area contributed by atoms with Crippen LogP contribution in [0.4, 0.5) is 5.82 Å². The molecule has 0 amide bonds. The van der Waals surface area contributed by atoms with Gasteiger partial charge in [0.15, 0.2) is 5.82 Å². The van der Waals surface area contributed by atoms with E-state index < -0.39 is 0 Å². The van der Waals surface area contributed by atoms with Crippen molar-refractivity contribution in [3.05, 3.63) is 16.0 Å². The van der Waals surface area contributed by atoms with Crippen molar-refractivity contribution < 1.29 is 4.74 Å². The van der Waals surface area contributed by atoms with Gasteiger partial charge in [0.2, 0.25) is 0 Å². The molecule has 0 saturated heterocycles. The van der Waals surface area contributed by atoms with Crippen LogP contribution < -0.4 is 5.32 Å². The number of hydrogen-bond donors (Lipinski definition) is 1. The summed E-state index contributed by atoms with van der Waals surface area (Å²) in [6, 6.07) is 0. The number of anilines is 1. The Balaban J connectivity index is 2.44. The van der Waals surface area contributed by atoms with Gasteiger partial charge < -0.3 is 10.1 Å². The van der Waals surface area contributed by atoms with Crippen molar-refractivity contribution in [3.8, 4) is 0 Å². The molecular formula is C16H26BrN3O. The molecule has 0 aromatic carbocycles. The van der Waals surface area contributed by atoms with Crippen LogP contribution in [0.25, 0.3) is 0 Å². The predicted molar refractivity (Wildman–Crippen MR) is 89.7 cm³/mol. The van der Waals surface area contributed by atoms with E-state index in [4.69, 9.17) is 14.7 Å². The van der Waals surface area contributed by atoms with E-state index in [0.717, 1.165) is 34.8 Å². The minimum atomic E-state index is -0.0407. The molecule has 2 rings (SSSR count). The van der Waals surface area contributed by atoms with Crippen LogP contribution in [0.1, 0.15) is 64.6 Å². The van der Waals surface area contributed by atoms with Gasteiger partial charge in [-0.05, 0) is 41.1 Å². The topological polar surface area (TPSA) is 47.0 Å². The summed E-state index contributed by atoms with van der Waals surface area (Å²) >= 11 is 3.68. The van der Waals surface area contributed by atoms with Gasteiger partial charge in [0.05, 0.1) is 10.2 Å². The van der Waals surface area contributed by atoms with Crippen molar-refractivity contribution in [1.82, 2.24) is 9.97 Å². The van der Waals surface area contributed by atoms with E-state index >= 15 is 0 Å². The van der Waals surface area contributed by atoms with Gasteiger partial charge in [-0.25, -0.2) is 9.97 Å². The number of hydrogen-bond acceptors (Lipinski definition) is 4. The van der Waals surface area contributed by atoms with E-state index in [-0.39, 0.29) is 11.5 Å². The average molecular weight is 356 g/mol. The average Bonchev–Trinajstić information content (AvgIpc) is 3.22. The van der Waals surface area contributed by atoms with E-state index in [1.807, 2.05) is 0 Å². The fourth-order valence-corrected chi connectivity index (χ4v) is 3.27. The van der Waals surface area contributed by atoms with Gasteiger partial charge in [-0.1, -0.05) is 27.7 Å².